The number of amides is 1. The van der Waals surface area contributed by atoms with Crippen molar-refractivity contribution in [2.24, 2.45) is 0 Å². The van der Waals surface area contributed by atoms with E-state index in [1.807, 2.05) is 36.9 Å². The van der Waals surface area contributed by atoms with Gasteiger partial charge in [0, 0.05) is 12.1 Å². The van der Waals surface area contributed by atoms with Gasteiger partial charge in [-0.1, -0.05) is 44.5 Å². The first kappa shape index (κ1) is 20.9. The fourth-order valence-electron chi connectivity index (χ4n) is 4.33. The van der Waals surface area contributed by atoms with Crippen LogP contribution in [-0.2, 0) is 25.5 Å². The Kier molecular flexibility index (Phi) is 5.37. The Morgan fingerprint density at radius 3 is 2.37 bits per heavy atom. The number of hydrogen-bond acceptors (Lipinski definition) is 4. The summed E-state index contributed by atoms with van der Waals surface area (Å²) < 4.78 is 17.6. The zero-order valence-corrected chi connectivity index (χ0v) is 18.6. The van der Waals surface area contributed by atoms with Crippen LogP contribution in [0.5, 0.6) is 5.75 Å². The van der Waals surface area contributed by atoms with Crippen molar-refractivity contribution in [2.45, 2.75) is 52.2 Å². The van der Waals surface area contributed by atoms with Gasteiger partial charge in [-0.15, -0.1) is 0 Å². The van der Waals surface area contributed by atoms with E-state index in [0.717, 1.165) is 34.5 Å². The lowest BCUT2D eigenvalue weighted by atomic mass is 9.87. The predicted octanol–water partition coefficient (Wildman–Crippen LogP) is 4.62. The highest BCUT2D eigenvalue weighted by Gasteiger charge is 2.56. The molecule has 2 aliphatic heterocycles. The summed E-state index contributed by atoms with van der Waals surface area (Å²) in [5, 5.41) is 0. The van der Waals surface area contributed by atoms with Gasteiger partial charge in [-0.2, -0.15) is 0 Å². The maximum atomic E-state index is 13.3. The minimum absolute atomic E-state index is 0.124. The zero-order chi connectivity index (χ0) is 21.5. The van der Waals surface area contributed by atoms with Gasteiger partial charge in [0.25, 0.3) is 11.7 Å². The summed E-state index contributed by atoms with van der Waals surface area (Å²) in [6.07, 6.45) is 0.718. The Morgan fingerprint density at radius 1 is 1.07 bits per heavy atom. The summed E-state index contributed by atoms with van der Waals surface area (Å²) in [4.78, 5) is 15.1. The molecule has 1 amide bonds. The molecule has 0 atom stereocenters. The van der Waals surface area contributed by atoms with E-state index in [-0.39, 0.29) is 11.3 Å². The molecule has 2 aromatic carbocycles. The van der Waals surface area contributed by atoms with Crippen LogP contribution in [-0.4, -0.2) is 32.3 Å². The van der Waals surface area contributed by atoms with Crippen LogP contribution >= 0.6 is 0 Å². The number of carbonyl (C=O) groups excluding carboxylic acids is 1. The molecule has 5 nitrogen and oxygen atoms in total. The molecule has 1 spiro atoms. The van der Waals surface area contributed by atoms with Gasteiger partial charge < -0.3 is 19.1 Å². The third kappa shape index (κ3) is 3.61. The van der Waals surface area contributed by atoms with Crippen LogP contribution in [0.15, 0.2) is 36.4 Å². The lowest BCUT2D eigenvalue weighted by molar-refractivity contribution is -0.180. The first-order valence-electron chi connectivity index (χ1n) is 10.7. The molecule has 2 aliphatic rings. The fourth-order valence-corrected chi connectivity index (χ4v) is 4.33. The number of ether oxygens (including phenoxy) is 3. The van der Waals surface area contributed by atoms with Gasteiger partial charge in [-0.05, 0) is 55.0 Å². The van der Waals surface area contributed by atoms with Crippen LogP contribution in [0.3, 0.4) is 0 Å². The van der Waals surface area contributed by atoms with E-state index in [1.165, 1.54) is 5.56 Å². The number of anilines is 1. The number of rotatable bonds is 5. The minimum Gasteiger partial charge on any atom is -0.494 e. The van der Waals surface area contributed by atoms with Crippen LogP contribution in [0.1, 0.15) is 49.4 Å². The van der Waals surface area contributed by atoms with Crippen LogP contribution in [0.25, 0.3) is 0 Å². The summed E-state index contributed by atoms with van der Waals surface area (Å²) in [6.45, 7) is 12.6. The van der Waals surface area contributed by atoms with Crippen LogP contribution < -0.4 is 9.64 Å². The maximum Gasteiger partial charge on any atom is 0.292 e. The van der Waals surface area contributed by atoms with Crippen LogP contribution in [0.2, 0.25) is 0 Å². The minimum atomic E-state index is -1.27. The Labute approximate surface area is 178 Å². The summed E-state index contributed by atoms with van der Waals surface area (Å²) in [6, 6.07) is 12.4. The maximum absolute atomic E-state index is 13.3. The van der Waals surface area contributed by atoms with Gasteiger partial charge in [0.05, 0.1) is 25.5 Å². The molecule has 30 heavy (non-hydrogen) atoms. The molecule has 0 saturated carbocycles. The molecule has 0 radical (unpaired) electrons. The second kappa shape index (κ2) is 7.71. The Bertz CT molecular complexity index is 937. The lowest BCUT2D eigenvalue weighted by Gasteiger charge is -2.22. The molecule has 5 heteroatoms. The molecule has 2 heterocycles. The fraction of sp³-hybridized carbons (Fsp3) is 0.480. The van der Waals surface area contributed by atoms with Crippen molar-refractivity contribution in [2.75, 3.05) is 31.3 Å². The Balaban J connectivity index is 1.44. The SMILES string of the molecule is Cc1cc(C)c2c(c1)C1(OCCO1)C(=O)N2CCCOc1ccc(C(C)(C)C)cc1. The van der Waals surface area contributed by atoms with E-state index in [2.05, 4.69) is 39.0 Å². The smallest absolute Gasteiger partial charge is 0.292 e. The van der Waals surface area contributed by atoms with Gasteiger partial charge in [-0.3, -0.25) is 4.79 Å². The number of benzene rings is 2. The summed E-state index contributed by atoms with van der Waals surface area (Å²) in [5.41, 5.74) is 5.32. The van der Waals surface area contributed by atoms with E-state index in [1.54, 1.807) is 0 Å². The molecule has 1 saturated heterocycles. The van der Waals surface area contributed by atoms with E-state index in [0.29, 0.717) is 26.4 Å². The highest BCUT2D eigenvalue weighted by atomic mass is 16.7. The topological polar surface area (TPSA) is 48.0 Å². The normalized spacial score (nSPS) is 17.6. The average Bonchev–Trinajstić information content (AvgIpc) is 3.26. The molecule has 0 bridgehead atoms. The van der Waals surface area contributed by atoms with Crippen molar-refractivity contribution in [3.05, 3.63) is 58.7 Å². The van der Waals surface area contributed by atoms with Gasteiger partial charge in [0.15, 0.2) is 0 Å². The van der Waals surface area contributed by atoms with E-state index >= 15 is 0 Å². The highest BCUT2D eigenvalue weighted by molar-refractivity contribution is 6.07. The van der Waals surface area contributed by atoms with Crippen molar-refractivity contribution in [3.8, 4) is 5.75 Å². The molecule has 0 aromatic heterocycles. The van der Waals surface area contributed by atoms with Crippen LogP contribution in [0.4, 0.5) is 5.69 Å². The quantitative estimate of drug-likeness (QED) is 0.677. The lowest BCUT2D eigenvalue weighted by Crippen LogP contribution is -2.41. The molecule has 0 aliphatic carbocycles. The summed E-state index contributed by atoms with van der Waals surface area (Å²) in [7, 11) is 0. The van der Waals surface area contributed by atoms with Gasteiger partial charge in [0.2, 0.25) is 0 Å². The number of fused-ring (bicyclic) bond motifs is 2. The van der Waals surface area contributed by atoms with Crippen molar-refractivity contribution >= 4 is 11.6 Å². The van der Waals surface area contributed by atoms with E-state index in [9.17, 15) is 4.79 Å². The Hall–Kier alpha value is -2.37. The Morgan fingerprint density at radius 2 is 1.73 bits per heavy atom. The standard InChI is InChI=1S/C25H31NO4/c1-17-15-18(2)22-21(16-17)25(29-13-14-30-25)23(27)26(22)11-6-12-28-20-9-7-19(8-10-20)24(3,4)5/h7-10,15-16H,6,11-14H2,1-5H3. The number of carbonyl (C=O) groups is 1. The number of aryl methyl sites for hydroxylation is 2. The zero-order valence-electron chi connectivity index (χ0n) is 18.6. The second-order valence-corrected chi connectivity index (χ2v) is 9.22. The molecule has 4 rings (SSSR count). The van der Waals surface area contributed by atoms with Crippen molar-refractivity contribution in [1.82, 2.24) is 0 Å². The van der Waals surface area contributed by atoms with Crippen LogP contribution in [0, 0.1) is 13.8 Å². The molecule has 160 valence electrons. The van der Waals surface area contributed by atoms with Gasteiger partial charge >= 0.3 is 0 Å². The molecule has 0 N–H and O–H groups in total. The molecular formula is C25H31NO4. The largest absolute Gasteiger partial charge is 0.494 e. The average molecular weight is 410 g/mol. The molecular weight excluding hydrogens is 378 g/mol. The first-order chi connectivity index (χ1) is 14.2. The number of nitrogens with zero attached hydrogens (tertiary/aromatic N) is 1. The van der Waals surface area contributed by atoms with E-state index in [4.69, 9.17) is 14.2 Å². The molecule has 0 unspecified atom stereocenters. The second-order valence-electron chi connectivity index (χ2n) is 9.22. The van der Waals surface area contributed by atoms with E-state index < -0.39 is 5.79 Å². The van der Waals surface area contributed by atoms with Gasteiger partial charge in [0.1, 0.15) is 5.75 Å². The molecule has 1 fully saturated rings. The van der Waals surface area contributed by atoms with Gasteiger partial charge in [-0.25, -0.2) is 0 Å². The van der Waals surface area contributed by atoms with Crippen molar-refractivity contribution in [3.63, 3.8) is 0 Å². The first-order valence-corrected chi connectivity index (χ1v) is 10.7. The highest BCUT2D eigenvalue weighted by Crippen LogP contribution is 2.47. The summed E-state index contributed by atoms with van der Waals surface area (Å²) >= 11 is 0. The molecule has 2 aromatic rings. The van der Waals surface area contributed by atoms with Crippen molar-refractivity contribution < 1.29 is 19.0 Å². The van der Waals surface area contributed by atoms with Crippen molar-refractivity contribution in [1.29, 1.82) is 0 Å². The number of hydrogen-bond donors (Lipinski definition) is 0. The monoisotopic (exact) mass is 409 g/mol. The predicted molar refractivity (Wildman–Crippen MR) is 117 cm³/mol. The third-order valence-corrected chi connectivity index (χ3v) is 5.81. The third-order valence-electron chi connectivity index (χ3n) is 5.81. The summed E-state index contributed by atoms with van der Waals surface area (Å²) in [5.74, 6) is -0.546.